The molecular weight excluding hydrogens is 290 g/mol. The Morgan fingerprint density at radius 3 is 2.70 bits per heavy atom. The van der Waals surface area contributed by atoms with Crippen LogP contribution in [0.4, 0.5) is 5.82 Å². The smallest absolute Gasteiger partial charge is 0.153 e. The highest BCUT2D eigenvalue weighted by molar-refractivity contribution is 7.15. The lowest BCUT2D eigenvalue weighted by molar-refractivity contribution is 1.11. The maximum atomic E-state index is 6.07. The predicted molar refractivity (Wildman–Crippen MR) is 86.2 cm³/mol. The molecule has 102 valence electrons. The second kappa shape index (κ2) is 4.96. The molecule has 3 aromatic rings. The normalized spacial score (nSPS) is 10.9. The van der Waals surface area contributed by atoms with E-state index in [1.54, 1.807) is 11.3 Å². The number of aromatic amines is 1. The minimum atomic E-state index is 0.492. The molecule has 0 saturated heterocycles. The van der Waals surface area contributed by atoms with Gasteiger partial charge in [-0.3, -0.25) is 5.10 Å². The van der Waals surface area contributed by atoms with Gasteiger partial charge in [0.25, 0.3) is 0 Å². The monoisotopic (exact) mass is 303 g/mol. The average molecular weight is 304 g/mol. The lowest BCUT2D eigenvalue weighted by Gasteiger charge is -2.03. The molecule has 0 saturated carbocycles. The highest BCUT2D eigenvalue weighted by Crippen LogP contribution is 2.39. The van der Waals surface area contributed by atoms with Crippen molar-refractivity contribution in [3.8, 4) is 21.7 Å². The number of benzene rings is 1. The largest absolute Gasteiger partial charge is 0.382 e. The summed E-state index contributed by atoms with van der Waals surface area (Å²) in [6.45, 7) is 4.22. The van der Waals surface area contributed by atoms with Gasteiger partial charge in [-0.2, -0.15) is 5.10 Å². The number of thiophene rings is 1. The van der Waals surface area contributed by atoms with E-state index in [4.69, 9.17) is 17.3 Å². The number of hydrogen-bond acceptors (Lipinski definition) is 3. The van der Waals surface area contributed by atoms with E-state index in [1.807, 2.05) is 24.3 Å². The number of aryl methyl sites for hydroxylation is 2. The molecule has 1 aromatic carbocycles. The third-order valence-corrected chi connectivity index (χ3v) is 4.73. The van der Waals surface area contributed by atoms with E-state index in [9.17, 15) is 0 Å². The predicted octanol–water partition coefficient (Wildman–Crippen LogP) is 4.66. The van der Waals surface area contributed by atoms with Crippen LogP contribution in [0.15, 0.2) is 30.3 Å². The first-order valence-corrected chi connectivity index (χ1v) is 7.43. The zero-order valence-corrected chi connectivity index (χ0v) is 12.8. The topological polar surface area (TPSA) is 54.7 Å². The Balaban J connectivity index is 2.19. The number of anilines is 1. The van der Waals surface area contributed by atoms with Crippen molar-refractivity contribution >= 4 is 28.8 Å². The lowest BCUT2D eigenvalue weighted by atomic mass is 10.0. The van der Waals surface area contributed by atoms with Crippen LogP contribution >= 0.6 is 22.9 Å². The number of H-pyrrole nitrogens is 1. The van der Waals surface area contributed by atoms with Crippen LogP contribution in [0.25, 0.3) is 21.7 Å². The molecule has 3 N–H and O–H groups in total. The maximum Gasteiger partial charge on any atom is 0.153 e. The molecule has 0 aliphatic rings. The molecular formula is C15H14ClN3S. The second-order valence-electron chi connectivity index (χ2n) is 4.72. The lowest BCUT2D eigenvalue weighted by Crippen LogP contribution is -1.88. The molecule has 3 rings (SSSR count). The number of halogens is 1. The first-order valence-electron chi connectivity index (χ1n) is 6.23. The summed E-state index contributed by atoms with van der Waals surface area (Å²) in [5.41, 5.74) is 10.1. The zero-order valence-electron chi connectivity index (χ0n) is 11.2. The molecule has 0 radical (unpaired) electrons. The van der Waals surface area contributed by atoms with Crippen LogP contribution in [0.3, 0.4) is 0 Å². The number of nitrogens with zero attached hydrogens (tertiary/aromatic N) is 1. The summed E-state index contributed by atoms with van der Waals surface area (Å²) in [6, 6.07) is 9.81. The molecule has 0 fully saturated rings. The van der Waals surface area contributed by atoms with Crippen LogP contribution in [-0.2, 0) is 0 Å². The summed E-state index contributed by atoms with van der Waals surface area (Å²) >= 11 is 7.81. The SMILES string of the molecule is Cc1cc(-c2[nH]nc(N)c2-c2cccc(Cl)c2)sc1C. The number of nitrogens with one attached hydrogen (secondary N) is 1. The number of rotatable bonds is 2. The minimum Gasteiger partial charge on any atom is -0.382 e. The molecule has 0 spiro atoms. The fourth-order valence-corrected chi connectivity index (χ4v) is 3.39. The standard InChI is InChI=1S/C15H14ClN3S/c1-8-6-12(20-9(8)2)14-13(15(17)19-18-14)10-4-3-5-11(16)7-10/h3-7H,1-2H3,(H3,17,18,19). The minimum absolute atomic E-state index is 0.492. The number of nitrogen functional groups attached to an aromatic ring is 1. The van der Waals surface area contributed by atoms with Gasteiger partial charge in [-0.05, 0) is 43.2 Å². The summed E-state index contributed by atoms with van der Waals surface area (Å²) in [5.74, 6) is 0.492. The Kier molecular flexibility index (Phi) is 3.28. The van der Waals surface area contributed by atoms with Gasteiger partial charge in [-0.25, -0.2) is 0 Å². The molecule has 0 atom stereocenters. The van der Waals surface area contributed by atoms with Gasteiger partial charge in [0, 0.05) is 9.90 Å². The fraction of sp³-hybridized carbons (Fsp3) is 0.133. The third-order valence-electron chi connectivity index (χ3n) is 3.32. The maximum absolute atomic E-state index is 6.07. The summed E-state index contributed by atoms with van der Waals surface area (Å²) < 4.78 is 0. The molecule has 0 aliphatic carbocycles. The molecule has 2 heterocycles. The number of aromatic nitrogens is 2. The second-order valence-corrected chi connectivity index (χ2v) is 6.41. The van der Waals surface area contributed by atoms with E-state index in [2.05, 4.69) is 30.1 Å². The fourth-order valence-electron chi connectivity index (χ4n) is 2.17. The van der Waals surface area contributed by atoms with Gasteiger partial charge >= 0.3 is 0 Å². The van der Waals surface area contributed by atoms with Gasteiger partial charge in [0.15, 0.2) is 5.82 Å². The molecule has 2 aromatic heterocycles. The average Bonchev–Trinajstić information content (AvgIpc) is 2.93. The molecule has 5 heteroatoms. The molecule has 0 unspecified atom stereocenters. The van der Waals surface area contributed by atoms with Crippen LogP contribution in [0, 0.1) is 13.8 Å². The Morgan fingerprint density at radius 1 is 1.25 bits per heavy atom. The van der Waals surface area contributed by atoms with Crippen molar-refractivity contribution in [1.82, 2.24) is 10.2 Å². The molecule has 0 aliphatic heterocycles. The van der Waals surface area contributed by atoms with E-state index in [-0.39, 0.29) is 0 Å². The summed E-state index contributed by atoms with van der Waals surface area (Å²) in [6.07, 6.45) is 0. The number of hydrogen-bond donors (Lipinski definition) is 2. The van der Waals surface area contributed by atoms with Gasteiger partial charge in [0.05, 0.1) is 16.1 Å². The van der Waals surface area contributed by atoms with Crippen molar-refractivity contribution in [1.29, 1.82) is 0 Å². The van der Waals surface area contributed by atoms with Crippen LogP contribution in [0.1, 0.15) is 10.4 Å². The van der Waals surface area contributed by atoms with Crippen molar-refractivity contribution in [3.05, 3.63) is 45.8 Å². The summed E-state index contributed by atoms with van der Waals surface area (Å²) in [5, 5.41) is 7.88. The highest BCUT2D eigenvalue weighted by atomic mass is 35.5. The Labute approximate surface area is 126 Å². The van der Waals surface area contributed by atoms with Crippen LogP contribution in [0.2, 0.25) is 5.02 Å². The quantitative estimate of drug-likeness (QED) is 0.723. The van der Waals surface area contributed by atoms with Crippen molar-refractivity contribution in [2.75, 3.05) is 5.73 Å². The van der Waals surface area contributed by atoms with E-state index < -0.39 is 0 Å². The van der Waals surface area contributed by atoms with E-state index in [0.29, 0.717) is 10.8 Å². The third kappa shape index (κ3) is 2.21. The first-order chi connectivity index (χ1) is 9.56. The van der Waals surface area contributed by atoms with Gasteiger partial charge in [-0.1, -0.05) is 23.7 Å². The van der Waals surface area contributed by atoms with Gasteiger partial charge < -0.3 is 5.73 Å². The molecule has 3 nitrogen and oxygen atoms in total. The summed E-state index contributed by atoms with van der Waals surface area (Å²) in [7, 11) is 0. The van der Waals surface area contributed by atoms with Gasteiger partial charge in [0.1, 0.15) is 0 Å². The molecule has 20 heavy (non-hydrogen) atoms. The molecule has 0 bridgehead atoms. The van der Waals surface area contributed by atoms with E-state index in [0.717, 1.165) is 21.7 Å². The highest BCUT2D eigenvalue weighted by Gasteiger charge is 2.17. The van der Waals surface area contributed by atoms with Crippen LogP contribution in [-0.4, -0.2) is 10.2 Å². The van der Waals surface area contributed by atoms with Crippen LogP contribution < -0.4 is 5.73 Å². The summed E-state index contributed by atoms with van der Waals surface area (Å²) in [4.78, 5) is 2.43. The van der Waals surface area contributed by atoms with Gasteiger partial charge in [0.2, 0.25) is 0 Å². The Bertz CT molecular complexity index is 754. The Morgan fingerprint density at radius 2 is 2.05 bits per heavy atom. The Hall–Kier alpha value is -1.78. The zero-order chi connectivity index (χ0) is 14.3. The van der Waals surface area contributed by atoms with Crippen molar-refractivity contribution in [3.63, 3.8) is 0 Å². The first kappa shape index (κ1) is 13.2. The molecule has 0 amide bonds. The van der Waals surface area contributed by atoms with Gasteiger partial charge in [-0.15, -0.1) is 11.3 Å². The van der Waals surface area contributed by atoms with Crippen molar-refractivity contribution in [2.45, 2.75) is 13.8 Å². The van der Waals surface area contributed by atoms with Crippen molar-refractivity contribution < 1.29 is 0 Å². The number of nitrogens with two attached hydrogens (primary N) is 1. The van der Waals surface area contributed by atoms with Crippen molar-refractivity contribution in [2.24, 2.45) is 0 Å². The van der Waals surface area contributed by atoms with Crippen LogP contribution in [0.5, 0.6) is 0 Å². The van der Waals surface area contributed by atoms with E-state index >= 15 is 0 Å². The van der Waals surface area contributed by atoms with E-state index in [1.165, 1.54) is 10.4 Å².